The molecular formula is C96H82BClN6O2. The highest BCUT2D eigenvalue weighted by Gasteiger charge is 2.53. The maximum atomic E-state index is 6.34. The topological polar surface area (TPSA) is 95.8 Å². The third-order valence-electron chi connectivity index (χ3n) is 22.9. The molecule has 14 aromatic rings. The Bertz CT molecular complexity index is 5460. The van der Waals surface area contributed by atoms with Crippen molar-refractivity contribution in [1.29, 1.82) is 0 Å². The van der Waals surface area contributed by atoms with Gasteiger partial charge in [-0.1, -0.05) is 323 Å². The molecule has 0 bridgehead atoms. The largest absolute Gasteiger partial charge is 0.494 e. The fourth-order valence-corrected chi connectivity index (χ4v) is 16.7. The summed E-state index contributed by atoms with van der Waals surface area (Å²) >= 11 is 6.07. The number of benzene rings is 12. The van der Waals surface area contributed by atoms with Gasteiger partial charge < -0.3 is 9.31 Å². The Balaban J connectivity index is 0.000000124. The van der Waals surface area contributed by atoms with Crippen LogP contribution in [0.25, 0.3) is 124 Å². The fraction of sp³-hybridized carbons (Fsp3) is 0.188. The first-order valence-electron chi connectivity index (χ1n) is 37.5. The minimum absolute atomic E-state index is 0.147. The first kappa shape index (κ1) is 68.1. The Morgan fingerprint density at radius 2 is 0.519 bits per heavy atom. The maximum absolute atomic E-state index is 6.34. The number of rotatable bonds is 10. The molecule has 8 nitrogen and oxygen atoms in total. The van der Waals surface area contributed by atoms with E-state index >= 15 is 0 Å². The molecule has 1 saturated heterocycles. The molecule has 5 aliphatic rings. The second-order valence-corrected chi connectivity index (χ2v) is 30.3. The summed E-state index contributed by atoms with van der Waals surface area (Å²) < 4.78 is 12.7. The van der Waals surface area contributed by atoms with Gasteiger partial charge in [-0.15, -0.1) is 0 Å². The predicted octanol–water partition coefficient (Wildman–Crippen LogP) is 23.8. The quantitative estimate of drug-likeness (QED) is 0.125. The molecule has 12 aromatic carbocycles. The van der Waals surface area contributed by atoms with Crippen molar-refractivity contribution < 1.29 is 9.31 Å². The molecule has 0 radical (unpaired) electrons. The Kier molecular flexibility index (Phi) is 18.5. The second kappa shape index (κ2) is 28.8. The standard InChI is InChI=1S/C45H35N3.C27H18ClN3.C24H29BO2/c1-4-12-31(13-5-1)32-18-22-35(23-19-32)43-46-42(34-14-6-2-7-15-34)47-44(48-43)36-24-20-33(21-25-36)37-26-27-39-38-16-8-9-17-40(38)45(41(39)30-37)28-10-3-11-29-45;28-24-17-15-23(16-18-24)27-30-25(21-9-5-2-6-10-21)29-26(31-27)22-13-11-20(12-14-22)19-7-3-1-4-8-19;1-22(2)23(3,4)27-25(26-22)17-12-13-19-18-10-6-7-11-20(18)24(21(19)16-17)14-8-5-9-15-24/h1-2,4-9,12-27,30H,3,10-11,28-29H2;1-18H;6-7,10-13,16H,5,8-9,14-15H2,1-4H3. The maximum Gasteiger partial charge on any atom is 0.494 e. The lowest BCUT2D eigenvalue weighted by molar-refractivity contribution is 0.00578. The highest BCUT2D eigenvalue weighted by atomic mass is 35.5. The molecule has 3 fully saturated rings. The van der Waals surface area contributed by atoms with Crippen LogP contribution in [0.4, 0.5) is 0 Å². The zero-order chi connectivity index (χ0) is 71.8. The molecule has 2 aromatic heterocycles. The zero-order valence-electron chi connectivity index (χ0n) is 60.4. The molecule has 0 atom stereocenters. The average Bonchev–Trinajstić information content (AvgIpc) is 1.56. The summed E-state index contributed by atoms with van der Waals surface area (Å²) in [6, 6.07) is 106. The number of fused-ring (bicyclic) bond motifs is 10. The van der Waals surface area contributed by atoms with Crippen LogP contribution in [0.5, 0.6) is 0 Å². The Morgan fingerprint density at radius 1 is 0.255 bits per heavy atom. The van der Waals surface area contributed by atoms with Gasteiger partial charge in [0.25, 0.3) is 0 Å². The van der Waals surface area contributed by atoms with E-state index in [1.807, 2.05) is 97.1 Å². The molecule has 4 aliphatic carbocycles. The van der Waals surface area contributed by atoms with Gasteiger partial charge in [-0.3, -0.25) is 0 Å². The fourth-order valence-electron chi connectivity index (χ4n) is 16.6. The van der Waals surface area contributed by atoms with Crippen LogP contribution in [0.3, 0.4) is 0 Å². The molecule has 106 heavy (non-hydrogen) atoms. The van der Waals surface area contributed by atoms with E-state index in [0.29, 0.717) is 40.0 Å². The van der Waals surface area contributed by atoms with Crippen molar-refractivity contribution in [2.24, 2.45) is 0 Å². The molecule has 0 N–H and O–H groups in total. The lowest BCUT2D eigenvalue weighted by atomic mass is 9.66. The third-order valence-corrected chi connectivity index (χ3v) is 23.2. The van der Waals surface area contributed by atoms with E-state index in [4.69, 9.17) is 50.8 Å². The highest BCUT2D eigenvalue weighted by molar-refractivity contribution is 6.62. The van der Waals surface area contributed by atoms with Crippen molar-refractivity contribution in [3.8, 4) is 124 Å². The van der Waals surface area contributed by atoms with Gasteiger partial charge in [0.05, 0.1) is 11.2 Å². The van der Waals surface area contributed by atoms with E-state index in [-0.39, 0.29) is 29.2 Å². The molecule has 2 saturated carbocycles. The van der Waals surface area contributed by atoms with Crippen molar-refractivity contribution in [3.05, 3.63) is 331 Å². The highest BCUT2D eigenvalue weighted by Crippen LogP contribution is 2.58. The monoisotopic (exact) mass is 1400 g/mol. The van der Waals surface area contributed by atoms with Gasteiger partial charge in [-0.2, -0.15) is 0 Å². The molecule has 1 aliphatic heterocycles. The summed E-state index contributed by atoms with van der Waals surface area (Å²) in [5.74, 6) is 3.90. The van der Waals surface area contributed by atoms with Crippen LogP contribution in [0, 0.1) is 0 Å². The number of aromatic nitrogens is 6. The second-order valence-electron chi connectivity index (χ2n) is 29.8. The number of nitrogens with zero attached hydrogens (tertiary/aromatic N) is 6. The minimum atomic E-state index is -0.303. The smallest absolute Gasteiger partial charge is 0.399 e. The van der Waals surface area contributed by atoms with Crippen LogP contribution < -0.4 is 5.46 Å². The first-order valence-corrected chi connectivity index (χ1v) is 37.9. The van der Waals surface area contributed by atoms with E-state index in [0.717, 1.165) is 50.0 Å². The van der Waals surface area contributed by atoms with Gasteiger partial charge in [0.1, 0.15) is 0 Å². The van der Waals surface area contributed by atoms with Crippen LogP contribution in [0.15, 0.2) is 303 Å². The summed E-state index contributed by atoms with van der Waals surface area (Å²) in [4.78, 5) is 29.2. The lowest BCUT2D eigenvalue weighted by Crippen LogP contribution is -2.41. The van der Waals surface area contributed by atoms with Crippen molar-refractivity contribution in [2.45, 2.75) is 114 Å². The molecule has 10 heteroatoms. The number of hydrogen-bond acceptors (Lipinski definition) is 8. The van der Waals surface area contributed by atoms with Gasteiger partial charge in [0.15, 0.2) is 34.9 Å². The summed E-state index contributed by atoms with van der Waals surface area (Å²) in [6.07, 6.45) is 12.9. The Labute approximate surface area is 627 Å². The van der Waals surface area contributed by atoms with Crippen LogP contribution in [-0.2, 0) is 20.1 Å². The molecule has 3 heterocycles. The molecule has 518 valence electrons. The normalized spacial score (nSPS) is 15.8. The Hall–Kier alpha value is -11.1. The first-order chi connectivity index (χ1) is 51.8. The zero-order valence-corrected chi connectivity index (χ0v) is 61.1. The van der Waals surface area contributed by atoms with E-state index in [9.17, 15) is 0 Å². The number of halogens is 1. The molecule has 2 spiro atoms. The van der Waals surface area contributed by atoms with Gasteiger partial charge in [-0.25, -0.2) is 29.9 Å². The summed E-state index contributed by atoms with van der Waals surface area (Å²) in [5.41, 5.74) is 25.5. The summed E-state index contributed by atoms with van der Waals surface area (Å²) in [7, 11) is -0.287. The van der Waals surface area contributed by atoms with Crippen LogP contribution in [0.1, 0.15) is 114 Å². The van der Waals surface area contributed by atoms with Gasteiger partial charge in [0.2, 0.25) is 0 Å². The van der Waals surface area contributed by atoms with E-state index in [1.165, 1.54) is 131 Å². The Morgan fingerprint density at radius 3 is 0.896 bits per heavy atom. The van der Waals surface area contributed by atoms with E-state index in [2.05, 4.69) is 234 Å². The van der Waals surface area contributed by atoms with Gasteiger partial charge in [-0.05, 0) is 167 Å². The van der Waals surface area contributed by atoms with E-state index in [1.54, 1.807) is 0 Å². The van der Waals surface area contributed by atoms with Crippen molar-refractivity contribution in [3.63, 3.8) is 0 Å². The SMILES string of the molecule is CC1(C)OB(c2ccc3c(c2)C2(CCCCC2)c2ccccc2-3)OC1(C)C.Clc1ccc(-c2nc(-c3ccccc3)nc(-c3ccc(-c4ccccc4)cc3)n2)cc1.c1ccc(-c2ccc(-c3nc(-c4ccccc4)nc(-c4ccc(-c5ccc6c(c5)C5(CCCCC5)c5ccccc5-6)cc4)n3)cc2)cc1. The van der Waals surface area contributed by atoms with Gasteiger partial charge in [0, 0.05) is 49.2 Å². The van der Waals surface area contributed by atoms with Crippen molar-refractivity contribution >= 4 is 24.2 Å². The third kappa shape index (κ3) is 13.2. The van der Waals surface area contributed by atoms with E-state index < -0.39 is 0 Å². The van der Waals surface area contributed by atoms with Crippen LogP contribution in [0.2, 0.25) is 5.02 Å². The van der Waals surface area contributed by atoms with Gasteiger partial charge >= 0.3 is 7.12 Å². The minimum Gasteiger partial charge on any atom is -0.399 e. The molecule has 0 unspecified atom stereocenters. The van der Waals surface area contributed by atoms with Crippen LogP contribution in [-0.4, -0.2) is 48.2 Å². The molecule has 0 amide bonds. The van der Waals surface area contributed by atoms with Crippen LogP contribution >= 0.6 is 11.6 Å². The lowest BCUT2D eigenvalue weighted by Gasteiger charge is -2.36. The van der Waals surface area contributed by atoms with Crippen molar-refractivity contribution in [2.75, 3.05) is 0 Å². The summed E-state index contributed by atoms with van der Waals surface area (Å²) in [5, 5.41) is 0.679. The average molecular weight is 1400 g/mol. The van der Waals surface area contributed by atoms with Crippen molar-refractivity contribution in [1.82, 2.24) is 29.9 Å². The molecular weight excluding hydrogens is 1320 g/mol. The summed E-state index contributed by atoms with van der Waals surface area (Å²) in [6.45, 7) is 8.50. The molecule has 19 rings (SSSR count). The predicted molar refractivity (Wildman–Crippen MR) is 434 cm³/mol. The number of hydrogen-bond donors (Lipinski definition) is 0.